The summed E-state index contributed by atoms with van der Waals surface area (Å²) in [5.41, 5.74) is 7.69. The first-order chi connectivity index (χ1) is 10.1. The highest BCUT2D eigenvalue weighted by Crippen LogP contribution is 2.36. The van der Waals surface area contributed by atoms with Crippen molar-refractivity contribution in [3.8, 4) is 5.75 Å². The second kappa shape index (κ2) is 5.98. The highest BCUT2D eigenvalue weighted by atomic mass is 16.5. The van der Waals surface area contributed by atoms with E-state index in [1.807, 2.05) is 0 Å². The molecule has 1 atom stereocenters. The van der Waals surface area contributed by atoms with Crippen molar-refractivity contribution in [2.45, 2.75) is 50.7 Å². The van der Waals surface area contributed by atoms with Crippen LogP contribution in [0.25, 0.3) is 0 Å². The van der Waals surface area contributed by atoms with Crippen molar-refractivity contribution in [2.24, 2.45) is 11.7 Å². The average Bonchev–Trinajstić information content (AvgIpc) is 2.90. The molecule has 0 saturated heterocycles. The molecule has 1 aromatic carbocycles. The summed E-state index contributed by atoms with van der Waals surface area (Å²) in [6.45, 7) is 4.09. The fourth-order valence-electron chi connectivity index (χ4n) is 3.90. The summed E-state index contributed by atoms with van der Waals surface area (Å²) < 4.78 is 6.10. The maximum Gasteiger partial charge on any atom is 0.123 e. The zero-order valence-corrected chi connectivity index (χ0v) is 13.3. The number of ether oxygens (including phenoxy) is 1. The van der Waals surface area contributed by atoms with Crippen LogP contribution in [0.5, 0.6) is 5.75 Å². The van der Waals surface area contributed by atoms with Crippen LogP contribution in [0.4, 0.5) is 0 Å². The molecule has 0 aromatic heterocycles. The normalized spacial score (nSPS) is 32.0. The number of benzene rings is 1. The van der Waals surface area contributed by atoms with E-state index in [4.69, 9.17) is 10.5 Å². The van der Waals surface area contributed by atoms with Gasteiger partial charge >= 0.3 is 0 Å². The van der Waals surface area contributed by atoms with E-state index in [1.54, 1.807) is 0 Å². The molecule has 1 aliphatic heterocycles. The quantitative estimate of drug-likeness (QED) is 0.926. The Morgan fingerprint density at radius 3 is 2.67 bits per heavy atom. The molecule has 2 aliphatic rings. The van der Waals surface area contributed by atoms with E-state index in [9.17, 15) is 0 Å². The van der Waals surface area contributed by atoms with Crippen molar-refractivity contribution in [1.82, 2.24) is 4.90 Å². The molecule has 1 aliphatic carbocycles. The maximum absolute atomic E-state index is 6.16. The van der Waals surface area contributed by atoms with E-state index in [1.165, 1.54) is 31.2 Å². The van der Waals surface area contributed by atoms with Crippen LogP contribution in [0.1, 0.15) is 38.2 Å². The summed E-state index contributed by atoms with van der Waals surface area (Å²) in [6.07, 6.45) is 6.34. The Balaban J connectivity index is 1.63. The van der Waals surface area contributed by atoms with E-state index in [0.717, 1.165) is 31.2 Å². The molecule has 0 spiro atoms. The van der Waals surface area contributed by atoms with Gasteiger partial charge in [0.15, 0.2) is 0 Å². The third kappa shape index (κ3) is 2.95. The first-order valence-corrected chi connectivity index (χ1v) is 8.29. The van der Waals surface area contributed by atoms with Crippen molar-refractivity contribution >= 4 is 0 Å². The minimum atomic E-state index is 0.185. The molecule has 1 saturated carbocycles. The van der Waals surface area contributed by atoms with Gasteiger partial charge in [-0.1, -0.05) is 25.1 Å². The Morgan fingerprint density at radius 1 is 1.29 bits per heavy atom. The molecule has 1 fully saturated rings. The number of nitrogens with zero attached hydrogens (tertiary/aromatic N) is 1. The molecule has 1 heterocycles. The number of hydrogen-bond acceptors (Lipinski definition) is 3. The summed E-state index contributed by atoms with van der Waals surface area (Å²) in [6, 6.07) is 8.40. The van der Waals surface area contributed by atoms with Crippen molar-refractivity contribution in [2.75, 3.05) is 20.1 Å². The van der Waals surface area contributed by atoms with E-state index >= 15 is 0 Å². The Kier molecular flexibility index (Phi) is 4.23. The van der Waals surface area contributed by atoms with Crippen molar-refractivity contribution in [3.05, 3.63) is 29.8 Å². The summed E-state index contributed by atoms with van der Waals surface area (Å²) in [5, 5.41) is 0. The molecule has 116 valence electrons. The lowest BCUT2D eigenvalue weighted by Gasteiger charge is -2.46. The Hall–Kier alpha value is -1.06. The lowest BCUT2D eigenvalue weighted by molar-refractivity contribution is 0.0387. The predicted octanol–water partition coefficient (Wildman–Crippen LogP) is 2.83. The van der Waals surface area contributed by atoms with Gasteiger partial charge in [-0.05, 0) is 50.3 Å². The monoisotopic (exact) mass is 288 g/mol. The number of nitrogens with two attached hydrogens (primary N) is 1. The summed E-state index contributed by atoms with van der Waals surface area (Å²) in [5.74, 6) is 1.92. The lowest BCUT2D eigenvalue weighted by Crippen LogP contribution is -2.56. The SMILES string of the molecule is CC1CCC(CN)(N(C)CC2Cc3ccccc3O2)CC1. The number of rotatable bonds is 4. The van der Waals surface area contributed by atoms with Crippen LogP contribution >= 0.6 is 0 Å². The second-order valence-corrected chi connectivity index (χ2v) is 7.04. The van der Waals surface area contributed by atoms with E-state index < -0.39 is 0 Å². The van der Waals surface area contributed by atoms with Crippen LogP contribution in [0.3, 0.4) is 0 Å². The van der Waals surface area contributed by atoms with Gasteiger partial charge in [-0.15, -0.1) is 0 Å². The summed E-state index contributed by atoms with van der Waals surface area (Å²) in [4.78, 5) is 2.48. The highest BCUT2D eigenvalue weighted by Gasteiger charge is 2.38. The fourth-order valence-corrected chi connectivity index (χ4v) is 3.90. The molecular formula is C18H28N2O. The molecular weight excluding hydrogens is 260 g/mol. The molecule has 1 unspecified atom stereocenters. The highest BCUT2D eigenvalue weighted by molar-refractivity contribution is 5.37. The standard InChI is InChI=1S/C18H28N2O/c1-14-7-9-18(13-19,10-8-14)20(2)12-16-11-15-5-3-4-6-17(15)21-16/h3-6,14,16H,7-13,19H2,1-2H3. The lowest BCUT2D eigenvalue weighted by atomic mass is 9.76. The van der Waals surface area contributed by atoms with Crippen LogP contribution in [-0.4, -0.2) is 36.7 Å². The first kappa shape index (κ1) is 14.9. The van der Waals surface area contributed by atoms with Crippen LogP contribution in [0, 0.1) is 5.92 Å². The second-order valence-electron chi connectivity index (χ2n) is 7.04. The minimum Gasteiger partial charge on any atom is -0.488 e. The molecule has 3 rings (SSSR count). The van der Waals surface area contributed by atoms with Gasteiger partial charge in [0, 0.05) is 25.0 Å². The molecule has 0 radical (unpaired) electrons. The maximum atomic E-state index is 6.16. The van der Waals surface area contributed by atoms with E-state index in [0.29, 0.717) is 0 Å². The number of hydrogen-bond donors (Lipinski definition) is 1. The largest absolute Gasteiger partial charge is 0.488 e. The van der Waals surface area contributed by atoms with Crippen LogP contribution < -0.4 is 10.5 Å². The van der Waals surface area contributed by atoms with Gasteiger partial charge in [-0.25, -0.2) is 0 Å². The van der Waals surface area contributed by atoms with Crippen LogP contribution in [-0.2, 0) is 6.42 Å². The van der Waals surface area contributed by atoms with Gasteiger partial charge in [0.2, 0.25) is 0 Å². The molecule has 3 nitrogen and oxygen atoms in total. The molecule has 1 aromatic rings. The molecule has 3 heteroatoms. The van der Waals surface area contributed by atoms with E-state index in [-0.39, 0.29) is 11.6 Å². The molecule has 21 heavy (non-hydrogen) atoms. The van der Waals surface area contributed by atoms with Gasteiger partial charge in [-0.2, -0.15) is 0 Å². The topological polar surface area (TPSA) is 38.5 Å². The van der Waals surface area contributed by atoms with Gasteiger partial charge in [-0.3, -0.25) is 4.90 Å². The molecule has 0 bridgehead atoms. The third-order valence-electron chi connectivity index (χ3n) is 5.59. The first-order valence-electron chi connectivity index (χ1n) is 8.29. The van der Waals surface area contributed by atoms with Crippen molar-refractivity contribution < 1.29 is 4.74 Å². The Labute approximate surface area is 128 Å². The zero-order valence-electron chi connectivity index (χ0n) is 13.3. The number of fused-ring (bicyclic) bond motifs is 1. The van der Waals surface area contributed by atoms with Gasteiger partial charge in [0.25, 0.3) is 0 Å². The minimum absolute atomic E-state index is 0.185. The van der Waals surface area contributed by atoms with Gasteiger partial charge in [0.05, 0.1) is 0 Å². The summed E-state index contributed by atoms with van der Waals surface area (Å²) >= 11 is 0. The number of likely N-dealkylation sites (N-methyl/N-ethyl adjacent to an activating group) is 1. The third-order valence-corrected chi connectivity index (χ3v) is 5.59. The number of para-hydroxylation sites is 1. The van der Waals surface area contributed by atoms with Gasteiger partial charge in [0.1, 0.15) is 11.9 Å². The van der Waals surface area contributed by atoms with E-state index in [2.05, 4.69) is 43.1 Å². The predicted molar refractivity (Wildman–Crippen MR) is 86.6 cm³/mol. The average molecular weight is 288 g/mol. The summed E-state index contributed by atoms with van der Waals surface area (Å²) in [7, 11) is 2.23. The van der Waals surface area contributed by atoms with Crippen LogP contribution in [0.15, 0.2) is 24.3 Å². The van der Waals surface area contributed by atoms with Crippen LogP contribution in [0.2, 0.25) is 0 Å². The smallest absolute Gasteiger partial charge is 0.123 e. The van der Waals surface area contributed by atoms with Crippen molar-refractivity contribution in [3.63, 3.8) is 0 Å². The Bertz CT molecular complexity index is 455. The van der Waals surface area contributed by atoms with Crippen molar-refractivity contribution in [1.29, 1.82) is 0 Å². The van der Waals surface area contributed by atoms with Gasteiger partial charge < -0.3 is 10.5 Å². The zero-order chi connectivity index (χ0) is 14.9. The molecule has 0 amide bonds. The Morgan fingerprint density at radius 2 is 2.00 bits per heavy atom. The molecule has 2 N–H and O–H groups in total. The fraction of sp³-hybridized carbons (Fsp3) is 0.667.